The molecule has 1 saturated carbocycles. The van der Waals surface area contributed by atoms with Crippen LogP contribution in [-0.2, 0) is 9.59 Å². The number of hydrogen-bond acceptors (Lipinski definition) is 2. The van der Waals surface area contributed by atoms with Crippen molar-refractivity contribution < 1.29 is 9.59 Å². The van der Waals surface area contributed by atoms with Crippen LogP contribution in [0, 0.1) is 0 Å². The highest BCUT2D eigenvalue weighted by Crippen LogP contribution is 2.28. The summed E-state index contributed by atoms with van der Waals surface area (Å²) in [6.07, 6.45) is 7.52. The van der Waals surface area contributed by atoms with Crippen LogP contribution in [0.2, 0.25) is 0 Å². The van der Waals surface area contributed by atoms with Crippen molar-refractivity contribution in [2.24, 2.45) is 0 Å². The molecule has 0 saturated heterocycles. The van der Waals surface area contributed by atoms with Crippen molar-refractivity contribution >= 4 is 11.7 Å². The first kappa shape index (κ1) is 16.7. The zero-order valence-corrected chi connectivity index (χ0v) is 13.4. The van der Waals surface area contributed by atoms with Gasteiger partial charge in [0, 0.05) is 11.1 Å². The Bertz CT molecular complexity index is 452. The summed E-state index contributed by atoms with van der Waals surface area (Å²) in [5, 5.41) is 3.17. The van der Waals surface area contributed by atoms with Gasteiger partial charge in [-0.1, -0.05) is 25.3 Å². The topological polar surface area (TPSA) is 46.2 Å². The number of amides is 1. The summed E-state index contributed by atoms with van der Waals surface area (Å²) in [6.45, 7) is 9.14. The number of ketones is 1. The second-order valence-corrected chi connectivity index (χ2v) is 6.27. The third kappa shape index (κ3) is 4.62. The van der Waals surface area contributed by atoms with E-state index in [4.69, 9.17) is 0 Å². The highest BCUT2D eigenvalue weighted by Gasteiger charge is 2.28. The first-order chi connectivity index (χ1) is 9.25. The molecule has 112 valence electrons. The van der Waals surface area contributed by atoms with Gasteiger partial charge in [0.2, 0.25) is 5.91 Å². The third-order valence-electron chi connectivity index (χ3n) is 4.29. The van der Waals surface area contributed by atoms with E-state index < -0.39 is 0 Å². The Morgan fingerprint density at radius 1 is 1.00 bits per heavy atom. The minimum Gasteiger partial charge on any atom is -0.347 e. The van der Waals surface area contributed by atoms with Gasteiger partial charge >= 0.3 is 0 Å². The van der Waals surface area contributed by atoms with E-state index in [1.54, 1.807) is 13.0 Å². The summed E-state index contributed by atoms with van der Waals surface area (Å²) in [5.41, 5.74) is 2.15. The molecule has 1 aliphatic rings. The first-order valence-electron chi connectivity index (χ1n) is 7.44. The van der Waals surface area contributed by atoms with Crippen molar-refractivity contribution in [3.05, 3.63) is 22.8 Å². The lowest BCUT2D eigenvalue weighted by molar-refractivity contribution is -0.119. The van der Waals surface area contributed by atoms with Crippen molar-refractivity contribution in [1.82, 2.24) is 5.32 Å². The minimum atomic E-state index is -0.0732. The first-order valence-corrected chi connectivity index (χ1v) is 7.44. The normalized spacial score (nSPS) is 20.1. The number of carbonyl (C=O) groups excluding carboxylic acids is 2. The van der Waals surface area contributed by atoms with Gasteiger partial charge in [0.25, 0.3) is 0 Å². The van der Waals surface area contributed by atoms with Crippen LogP contribution < -0.4 is 5.32 Å². The highest BCUT2D eigenvalue weighted by molar-refractivity contribution is 5.96. The zero-order valence-electron chi connectivity index (χ0n) is 13.4. The number of nitrogens with one attached hydrogen (secondary N) is 1. The Balaban J connectivity index is 2.80. The molecule has 3 heteroatoms. The molecule has 0 aromatic carbocycles. The van der Waals surface area contributed by atoms with Crippen LogP contribution in [0.1, 0.15) is 66.7 Å². The summed E-state index contributed by atoms with van der Waals surface area (Å²) >= 11 is 0. The molecule has 0 unspecified atom stereocenters. The van der Waals surface area contributed by atoms with Crippen LogP contribution in [0.15, 0.2) is 22.8 Å². The van der Waals surface area contributed by atoms with Gasteiger partial charge in [0.15, 0.2) is 5.78 Å². The Hall–Kier alpha value is -1.38. The summed E-state index contributed by atoms with van der Waals surface area (Å²) in [4.78, 5) is 23.6. The average Bonchev–Trinajstić information content (AvgIpc) is 2.37. The number of rotatable bonds is 4. The lowest BCUT2D eigenvalue weighted by Gasteiger charge is -2.34. The molecule has 0 aromatic heterocycles. The molecule has 1 rings (SSSR count). The van der Waals surface area contributed by atoms with E-state index in [0.717, 1.165) is 18.4 Å². The number of carbonyl (C=O) groups is 2. The van der Waals surface area contributed by atoms with Gasteiger partial charge in [-0.15, -0.1) is 0 Å². The maximum absolute atomic E-state index is 12.3. The molecular formula is C17H27NO2. The molecule has 1 N–H and O–H groups in total. The minimum absolute atomic E-state index is 0.0143. The molecule has 20 heavy (non-hydrogen) atoms. The van der Waals surface area contributed by atoms with E-state index in [-0.39, 0.29) is 17.2 Å². The molecule has 0 heterocycles. The summed E-state index contributed by atoms with van der Waals surface area (Å²) in [6, 6.07) is 0. The van der Waals surface area contributed by atoms with Gasteiger partial charge in [-0.05, 0) is 58.6 Å². The highest BCUT2D eigenvalue weighted by atomic mass is 16.2. The summed E-state index contributed by atoms with van der Waals surface area (Å²) in [5.74, 6) is 0.0244. The van der Waals surface area contributed by atoms with Crippen LogP contribution in [-0.4, -0.2) is 17.2 Å². The largest absolute Gasteiger partial charge is 0.347 e. The molecule has 0 radical (unpaired) electrons. The molecule has 0 aromatic rings. The lowest BCUT2D eigenvalue weighted by atomic mass is 9.83. The van der Waals surface area contributed by atoms with Gasteiger partial charge in [-0.2, -0.15) is 0 Å². The third-order valence-corrected chi connectivity index (χ3v) is 4.29. The van der Waals surface area contributed by atoms with Crippen LogP contribution in [0.5, 0.6) is 0 Å². The van der Waals surface area contributed by atoms with Crippen LogP contribution in [0.25, 0.3) is 0 Å². The molecule has 0 atom stereocenters. The zero-order chi connectivity index (χ0) is 15.3. The second kappa shape index (κ2) is 6.87. The van der Waals surface area contributed by atoms with Crippen molar-refractivity contribution in [2.75, 3.05) is 0 Å². The fourth-order valence-electron chi connectivity index (χ4n) is 2.54. The van der Waals surface area contributed by atoms with Crippen molar-refractivity contribution in [1.29, 1.82) is 0 Å². The van der Waals surface area contributed by atoms with Crippen LogP contribution in [0.3, 0.4) is 0 Å². The van der Waals surface area contributed by atoms with Crippen molar-refractivity contribution in [3.8, 4) is 0 Å². The Labute approximate surface area is 122 Å². The summed E-state index contributed by atoms with van der Waals surface area (Å²) < 4.78 is 0. The Morgan fingerprint density at radius 2 is 1.55 bits per heavy atom. The average molecular weight is 277 g/mol. The van der Waals surface area contributed by atoms with Crippen molar-refractivity contribution in [2.45, 2.75) is 72.3 Å². The fourth-order valence-corrected chi connectivity index (χ4v) is 2.54. The number of allylic oxidation sites excluding steroid dienone is 3. The van der Waals surface area contributed by atoms with Gasteiger partial charge in [0.1, 0.15) is 0 Å². The van der Waals surface area contributed by atoms with E-state index in [0.29, 0.717) is 11.1 Å². The van der Waals surface area contributed by atoms with E-state index >= 15 is 0 Å². The molecule has 1 aliphatic carbocycles. The van der Waals surface area contributed by atoms with E-state index in [9.17, 15) is 9.59 Å². The molecule has 0 bridgehead atoms. The molecule has 0 aliphatic heterocycles. The van der Waals surface area contributed by atoms with Gasteiger partial charge in [0.05, 0.1) is 0 Å². The van der Waals surface area contributed by atoms with Gasteiger partial charge in [-0.25, -0.2) is 0 Å². The van der Waals surface area contributed by atoms with Crippen molar-refractivity contribution in [3.63, 3.8) is 0 Å². The summed E-state index contributed by atoms with van der Waals surface area (Å²) in [7, 11) is 0. The standard InChI is InChI=1S/C17H27NO2/c1-12(11-13(2)15(4)19)14(3)16(20)18-17(5)9-7-6-8-10-17/h11H,6-10H2,1-5H3,(H,18,20)/b13-11-,14-12+. The Morgan fingerprint density at radius 3 is 2.05 bits per heavy atom. The monoisotopic (exact) mass is 277 g/mol. The predicted octanol–water partition coefficient (Wildman–Crippen LogP) is 3.70. The molecule has 3 nitrogen and oxygen atoms in total. The second-order valence-electron chi connectivity index (χ2n) is 6.27. The van der Waals surface area contributed by atoms with Gasteiger partial charge < -0.3 is 5.32 Å². The quantitative estimate of drug-likeness (QED) is 0.629. The predicted molar refractivity (Wildman–Crippen MR) is 82.4 cm³/mol. The van der Waals surface area contributed by atoms with Gasteiger partial charge in [-0.3, -0.25) is 9.59 Å². The number of hydrogen-bond donors (Lipinski definition) is 1. The maximum atomic E-state index is 12.3. The lowest BCUT2D eigenvalue weighted by Crippen LogP contribution is -2.47. The maximum Gasteiger partial charge on any atom is 0.247 e. The van der Waals surface area contributed by atoms with Crippen LogP contribution >= 0.6 is 0 Å². The van der Waals surface area contributed by atoms with Crippen LogP contribution in [0.4, 0.5) is 0 Å². The molecule has 0 spiro atoms. The van der Waals surface area contributed by atoms with E-state index in [2.05, 4.69) is 12.2 Å². The van der Waals surface area contributed by atoms with E-state index in [1.165, 1.54) is 26.2 Å². The number of Topliss-reactive ketones (excluding diaryl/α,β-unsaturated/α-hetero) is 1. The molecule has 1 amide bonds. The fraction of sp³-hybridized carbons (Fsp3) is 0.647. The van der Waals surface area contributed by atoms with E-state index in [1.807, 2.05) is 13.8 Å². The SMILES string of the molecule is CC(=O)/C(C)=C\C(C)=C(/C)C(=O)NC1(C)CCCCC1. The smallest absolute Gasteiger partial charge is 0.247 e. The molecule has 1 fully saturated rings. The molecular weight excluding hydrogens is 250 g/mol. The Kier molecular flexibility index (Phi) is 5.73.